The Bertz CT molecular complexity index is 460. The summed E-state index contributed by atoms with van der Waals surface area (Å²) in [5.41, 5.74) is 4.19. The van der Waals surface area contributed by atoms with E-state index in [4.69, 9.17) is 10.5 Å². The molecule has 0 aliphatic heterocycles. The molecule has 0 aromatic heterocycles. The van der Waals surface area contributed by atoms with E-state index in [1.165, 1.54) is 7.11 Å². The predicted molar refractivity (Wildman–Crippen MR) is 64.0 cm³/mol. The molecular weight excluding hydrogens is 315 g/mol. The second-order valence-electron chi connectivity index (χ2n) is 3.52. The van der Waals surface area contributed by atoms with Gasteiger partial charge in [0.05, 0.1) is 18.2 Å². The number of carbonyl (C=O) groups is 1. The van der Waals surface area contributed by atoms with Crippen molar-refractivity contribution in [2.45, 2.75) is 12.6 Å². The molecule has 7 heteroatoms. The number of amides is 1. The van der Waals surface area contributed by atoms with Gasteiger partial charge in [-0.1, -0.05) is 15.9 Å². The first kappa shape index (κ1) is 14.8. The number of ether oxygens (including phenoxy) is 1. The lowest BCUT2D eigenvalue weighted by Crippen LogP contribution is -2.16. The van der Waals surface area contributed by atoms with Crippen LogP contribution in [0.1, 0.15) is 21.5 Å². The summed E-state index contributed by atoms with van der Waals surface area (Å²) in [4.78, 5) is 11.2. The number of nitrogens with two attached hydrogens (primary N) is 1. The summed E-state index contributed by atoms with van der Waals surface area (Å²) in [6, 6.07) is 1.67. The number of methoxy groups -OCH3 is 1. The van der Waals surface area contributed by atoms with E-state index in [1.807, 2.05) is 0 Å². The molecule has 0 atom stereocenters. The average Bonchev–Trinajstić information content (AvgIpc) is 2.27. The monoisotopic (exact) mass is 325 g/mol. The maximum absolute atomic E-state index is 12.7. The zero-order valence-electron chi connectivity index (χ0n) is 9.47. The van der Waals surface area contributed by atoms with Crippen LogP contribution in [0.15, 0.2) is 12.1 Å². The number of hydrogen-bond acceptors (Lipinski definition) is 2. The third kappa shape index (κ3) is 3.16. The molecular formula is C11H11BrF3NO2. The van der Waals surface area contributed by atoms with Crippen LogP contribution in [0, 0.1) is 0 Å². The summed E-state index contributed by atoms with van der Waals surface area (Å²) >= 11 is 3.13. The highest BCUT2D eigenvalue weighted by atomic mass is 79.9. The topological polar surface area (TPSA) is 52.3 Å². The fourth-order valence-corrected chi connectivity index (χ4v) is 1.99. The van der Waals surface area contributed by atoms with Crippen LogP contribution in [0.5, 0.6) is 5.75 Å². The largest absolute Gasteiger partial charge is 0.496 e. The summed E-state index contributed by atoms with van der Waals surface area (Å²) in [6.45, 7) is 0. The molecule has 0 unspecified atom stereocenters. The summed E-state index contributed by atoms with van der Waals surface area (Å²) in [5.74, 6) is -0.858. The molecule has 0 saturated carbocycles. The van der Waals surface area contributed by atoms with Gasteiger partial charge in [0, 0.05) is 5.33 Å². The minimum atomic E-state index is -4.53. The molecule has 0 aliphatic carbocycles. The van der Waals surface area contributed by atoms with Crippen LogP contribution in [-0.2, 0) is 12.6 Å². The molecule has 0 aliphatic rings. The average molecular weight is 326 g/mol. The van der Waals surface area contributed by atoms with Crippen LogP contribution in [-0.4, -0.2) is 18.3 Å². The molecule has 2 N–H and O–H groups in total. The number of halogens is 4. The van der Waals surface area contributed by atoms with Crippen molar-refractivity contribution in [2.24, 2.45) is 5.73 Å². The number of aryl methyl sites for hydroxylation is 1. The van der Waals surface area contributed by atoms with Gasteiger partial charge >= 0.3 is 6.18 Å². The number of benzene rings is 1. The Balaban J connectivity index is 3.48. The molecule has 1 amide bonds. The van der Waals surface area contributed by atoms with Crippen molar-refractivity contribution in [3.05, 3.63) is 28.8 Å². The lowest BCUT2D eigenvalue weighted by atomic mass is 10.0. The van der Waals surface area contributed by atoms with Gasteiger partial charge in [0.15, 0.2) is 0 Å². The van der Waals surface area contributed by atoms with E-state index >= 15 is 0 Å². The maximum Gasteiger partial charge on any atom is 0.416 e. The van der Waals surface area contributed by atoms with Gasteiger partial charge in [0.2, 0.25) is 0 Å². The van der Waals surface area contributed by atoms with Crippen molar-refractivity contribution in [2.75, 3.05) is 12.4 Å². The van der Waals surface area contributed by atoms with E-state index in [0.717, 1.165) is 6.07 Å². The minimum Gasteiger partial charge on any atom is -0.496 e. The normalized spacial score (nSPS) is 11.4. The second-order valence-corrected chi connectivity index (χ2v) is 4.31. The fourth-order valence-electron chi connectivity index (χ4n) is 1.56. The van der Waals surface area contributed by atoms with Crippen LogP contribution in [0.4, 0.5) is 13.2 Å². The third-order valence-electron chi connectivity index (χ3n) is 2.33. The predicted octanol–water partition coefficient (Wildman–Crippen LogP) is 2.75. The van der Waals surface area contributed by atoms with Gasteiger partial charge in [0.1, 0.15) is 5.75 Å². The molecule has 0 bridgehead atoms. The molecule has 18 heavy (non-hydrogen) atoms. The van der Waals surface area contributed by atoms with Crippen molar-refractivity contribution >= 4 is 21.8 Å². The van der Waals surface area contributed by atoms with Gasteiger partial charge in [0.25, 0.3) is 5.91 Å². The van der Waals surface area contributed by atoms with Crippen molar-refractivity contribution < 1.29 is 22.7 Å². The number of alkyl halides is 4. The summed E-state index contributed by atoms with van der Waals surface area (Å²) in [6.07, 6.45) is -4.23. The Morgan fingerprint density at radius 3 is 2.44 bits per heavy atom. The van der Waals surface area contributed by atoms with Gasteiger partial charge in [-0.15, -0.1) is 0 Å². The van der Waals surface area contributed by atoms with E-state index in [9.17, 15) is 18.0 Å². The summed E-state index contributed by atoms with van der Waals surface area (Å²) in [7, 11) is 1.28. The molecule has 3 nitrogen and oxygen atoms in total. The first-order valence-corrected chi connectivity index (χ1v) is 6.07. The van der Waals surface area contributed by atoms with Crippen LogP contribution >= 0.6 is 15.9 Å². The number of carbonyl (C=O) groups excluding carboxylic acids is 1. The van der Waals surface area contributed by atoms with Crippen LogP contribution in [0.2, 0.25) is 0 Å². The first-order valence-electron chi connectivity index (χ1n) is 4.95. The quantitative estimate of drug-likeness (QED) is 0.865. The van der Waals surface area contributed by atoms with Gasteiger partial charge in [-0.25, -0.2) is 0 Å². The van der Waals surface area contributed by atoms with Crippen LogP contribution in [0.25, 0.3) is 0 Å². The van der Waals surface area contributed by atoms with E-state index in [-0.39, 0.29) is 16.9 Å². The van der Waals surface area contributed by atoms with E-state index in [1.54, 1.807) is 0 Å². The Morgan fingerprint density at radius 1 is 1.44 bits per heavy atom. The Hall–Kier alpha value is -1.24. The van der Waals surface area contributed by atoms with E-state index < -0.39 is 17.6 Å². The number of rotatable bonds is 4. The first-order chi connectivity index (χ1) is 8.31. The zero-order valence-corrected chi connectivity index (χ0v) is 11.1. The van der Waals surface area contributed by atoms with Crippen LogP contribution < -0.4 is 10.5 Å². The molecule has 1 rings (SSSR count). The molecule has 0 spiro atoms. The van der Waals surface area contributed by atoms with Gasteiger partial charge in [-0.2, -0.15) is 13.2 Å². The highest BCUT2D eigenvalue weighted by molar-refractivity contribution is 9.09. The van der Waals surface area contributed by atoms with Gasteiger partial charge < -0.3 is 10.5 Å². The van der Waals surface area contributed by atoms with Crippen molar-refractivity contribution in [3.63, 3.8) is 0 Å². The molecule has 0 heterocycles. The third-order valence-corrected chi connectivity index (χ3v) is 2.72. The van der Waals surface area contributed by atoms with Gasteiger partial charge in [-0.05, 0) is 24.1 Å². The smallest absolute Gasteiger partial charge is 0.416 e. The number of primary amides is 1. The van der Waals surface area contributed by atoms with E-state index in [0.29, 0.717) is 17.8 Å². The van der Waals surface area contributed by atoms with Crippen molar-refractivity contribution in [1.82, 2.24) is 0 Å². The Kier molecular flexibility index (Phi) is 4.61. The molecule has 1 aromatic rings. The zero-order chi connectivity index (χ0) is 13.9. The Labute approximate surface area is 110 Å². The molecule has 1 aromatic carbocycles. The van der Waals surface area contributed by atoms with E-state index in [2.05, 4.69) is 15.9 Å². The summed E-state index contributed by atoms with van der Waals surface area (Å²) in [5, 5.41) is 0.447. The SMILES string of the molecule is COc1c(CCBr)cc(C(F)(F)F)cc1C(N)=O. The Morgan fingerprint density at radius 2 is 2.06 bits per heavy atom. The summed E-state index contributed by atoms with van der Waals surface area (Å²) < 4.78 is 43.0. The lowest BCUT2D eigenvalue weighted by molar-refractivity contribution is -0.137. The highest BCUT2D eigenvalue weighted by Crippen LogP contribution is 2.35. The standard InChI is InChI=1S/C11H11BrF3NO2/c1-18-9-6(2-3-12)4-7(11(13,14)15)5-8(9)10(16)17/h4-5H,2-3H2,1H3,(H2,16,17). The number of hydrogen-bond donors (Lipinski definition) is 1. The van der Waals surface area contributed by atoms with Crippen molar-refractivity contribution in [3.8, 4) is 5.75 Å². The lowest BCUT2D eigenvalue weighted by Gasteiger charge is -2.15. The van der Waals surface area contributed by atoms with Gasteiger partial charge in [-0.3, -0.25) is 4.79 Å². The molecule has 0 fully saturated rings. The van der Waals surface area contributed by atoms with Crippen LogP contribution in [0.3, 0.4) is 0 Å². The molecule has 0 radical (unpaired) electrons. The molecule has 100 valence electrons. The minimum absolute atomic E-state index is 0.0925. The highest BCUT2D eigenvalue weighted by Gasteiger charge is 2.33. The fraction of sp³-hybridized carbons (Fsp3) is 0.364. The second kappa shape index (κ2) is 5.60. The van der Waals surface area contributed by atoms with Crippen molar-refractivity contribution in [1.29, 1.82) is 0 Å². The maximum atomic E-state index is 12.7. The molecule has 0 saturated heterocycles.